The molecular weight excluding hydrogens is 329 g/mol. The molecule has 1 amide bonds. The Morgan fingerprint density at radius 1 is 1.35 bits per heavy atom. The van der Waals surface area contributed by atoms with Crippen LogP contribution in [0.5, 0.6) is 0 Å². The van der Waals surface area contributed by atoms with E-state index in [9.17, 15) is 9.18 Å². The SMILES string of the molecule is Cc1ccc(C2(C)CC2)c(CN(C(=O)c2c(C)nn(C)c2F)C2CC2)c1. The third kappa shape index (κ3) is 2.93. The van der Waals surface area contributed by atoms with E-state index in [0.29, 0.717) is 12.2 Å². The van der Waals surface area contributed by atoms with Gasteiger partial charge in [0.25, 0.3) is 5.91 Å². The standard InChI is InChI=1S/C21H26FN3O/c1-13-5-8-17(21(3)9-10-21)15(11-13)12-25(16-6-7-16)20(26)18-14(2)23-24(4)19(18)22/h5,8,11,16H,6-7,9-10,12H2,1-4H3. The summed E-state index contributed by atoms with van der Waals surface area (Å²) in [4.78, 5) is 15.0. The molecular formula is C21H26FN3O. The van der Waals surface area contributed by atoms with Crippen LogP contribution >= 0.6 is 0 Å². The largest absolute Gasteiger partial charge is 0.331 e. The van der Waals surface area contributed by atoms with E-state index in [-0.39, 0.29) is 22.9 Å². The van der Waals surface area contributed by atoms with Gasteiger partial charge in [0, 0.05) is 19.6 Å². The first kappa shape index (κ1) is 17.3. The van der Waals surface area contributed by atoms with Gasteiger partial charge < -0.3 is 4.90 Å². The third-order valence-corrected chi connectivity index (χ3v) is 5.87. The fourth-order valence-corrected chi connectivity index (χ4v) is 3.85. The quantitative estimate of drug-likeness (QED) is 0.812. The van der Waals surface area contributed by atoms with Gasteiger partial charge in [0.2, 0.25) is 5.95 Å². The lowest BCUT2D eigenvalue weighted by Crippen LogP contribution is -2.34. The highest BCUT2D eigenvalue weighted by molar-refractivity contribution is 5.95. The molecule has 0 unspecified atom stereocenters. The zero-order valence-corrected chi connectivity index (χ0v) is 16.0. The van der Waals surface area contributed by atoms with Crippen LogP contribution in [0, 0.1) is 19.8 Å². The first-order valence-corrected chi connectivity index (χ1v) is 9.40. The molecule has 0 spiro atoms. The van der Waals surface area contributed by atoms with Crippen molar-refractivity contribution in [1.82, 2.24) is 14.7 Å². The van der Waals surface area contributed by atoms with Crippen LogP contribution in [0.2, 0.25) is 0 Å². The Balaban J connectivity index is 1.69. The van der Waals surface area contributed by atoms with Crippen molar-refractivity contribution < 1.29 is 9.18 Å². The normalized spacial score (nSPS) is 18.0. The van der Waals surface area contributed by atoms with E-state index in [1.807, 2.05) is 4.90 Å². The zero-order valence-electron chi connectivity index (χ0n) is 16.0. The van der Waals surface area contributed by atoms with Crippen molar-refractivity contribution in [3.05, 3.63) is 52.1 Å². The van der Waals surface area contributed by atoms with Gasteiger partial charge in [-0.05, 0) is 56.1 Å². The molecule has 2 fully saturated rings. The maximum Gasteiger partial charge on any atom is 0.260 e. The van der Waals surface area contributed by atoms with E-state index in [0.717, 1.165) is 17.5 Å². The lowest BCUT2D eigenvalue weighted by Gasteiger charge is -2.25. The van der Waals surface area contributed by atoms with Gasteiger partial charge in [-0.25, -0.2) is 4.68 Å². The number of hydrogen-bond acceptors (Lipinski definition) is 2. The van der Waals surface area contributed by atoms with Crippen LogP contribution < -0.4 is 0 Å². The van der Waals surface area contributed by atoms with Gasteiger partial charge in [-0.3, -0.25) is 4.79 Å². The molecule has 0 N–H and O–H groups in total. The van der Waals surface area contributed by atoms with E-state index < -0.39 is 5.95 Å². The fraction of sp³-hybridized carbons (Fsp3) is 0.524. The van der Waals surface area contributed by atoms with Crippen LogP contribution in [0.25, 0.3) is 0 Å². The van der Waals surface area contributed by atoms with Crippen LogP contribution in [0.15, 0.2) is 18.2 Å². The number of halogens is 1. The molecule has 2 aliphatic carbocycles. The highest BCUT2D eigenvalue weighted by atomic mass is 19.1. The maximum absolute atomic E-state index is 14.5. The lowest BCUT2D eigenvalue weighted by molar-refractivity contribution is 0.0723. The number of nitrogens with zero attached hydrogens (tertiary/aromatic N) is 3. The van der Waals surface area contributed by atoms with E-state index in [4.69, 9.17) is 0 Å². The van der Waals surface area contributed by atoms with Crippen molar-refractivity contribution >= 4 is 5.91 Å². The van der Waals surface area contributed by atoms with E-state index in [1.54, 1.807) is 6.92 Å². The Bertz CT molecular complexity index is 878. The second kappa shape index (κ2) is 5.93. The summed E-state index contributed by atoms with van der Waals surface area (Å²) in [5.74, 6) is -0.777. The molecule has 0 saturated heterocycles. The second-order valence-electron chi connectivity index (χ2n) is 8.26. The Hall–Kier alpha value is -2.17. The summed E-state index contributed by atoms with van der Waals surface area (Å²) in [5, 5.41) is 4.08. The molecule has 4 rings (SSSR count). The van der Waals surface area contributed by atoms with Crippen LogP contribution in [0.3, 0.4) is 0 Å². The summed E-state index contributed by atoms with van der Waals surface area (Å²) in [5.41, 5.74) is 4.54. The summed E-state index contributed by atoms with van der Waals surface area (Å²) >= 11 is 0. The van der Waals surface area contributed by atoms with Gasteiger partial charge in [-0.15, -0.1) is 0 Å². The molecule has 0 radical (unpaired) electrons. The summed E-state index contributed by atoms with van der Waals surface area (Å²) in [6, 6.07) is 6.76. The molecule has 0 aliphatic heterocycles. The predicted molar refractivity (Wildman–Crippen MR) is 98.6 cm³/mol. The fourth-order valence-electron chi connectivity index (χ4n) is 3.85. The van der Waals surface area contributed by atoms with Gasteiger partial charge >= 0.3 is 0 Å². The second-order valence-corrected chi connectivity index (χ2v) is 8.26. The summed E-state index contributed by atoms with van der Waals surface area (Å²) in [6.07, 6.45) is 4.36. The molecule has 0 bridgehead atoms. The molecule has 1 aromatic carbocycles. The van der Waals surface area contributed by atoms with Crippen molar-refractivity contribution in [2.45, 2.75) is 64.5 Å². The number of aromatic nitrogens is 2. The van der Waals surface area contributed by atoms with Crippen molar-refractivity contribution in [2.24, 2.45) is 7.05 Å². The monoisotopic (exact) mass is 355 g/mol. The molecule has 138 valence electrons. The van der Waals surface area contributed by atoms with Crippen molar-refractivity contribution in [3.63, 3.8) is 0 Å². The van der Waals surface area contributed by atoms with Crippen LogP contribution in [0.4, 0.5) is 4.39 Å². The number of aryl methyl sites for hydroxylation is 3. The predicted octanol–water partition coefficient (Wildman–Crippen LogP) is 4.03. The summed E-state index contributed by atoms with van der Waals surface area (Å²) < 4.78 is 15.6. The molecule has 4 nitrogen and oxygen atoms in total. The number of carbonyl (C=O) groups excluding carboxylic acids is 1. The molecule has 5 heteroatoms. The van der Waals surface area contributed by atoms with Crippen molar-refractivity contribution in [3.8, 4) is 0 Å². The van der Waals surface area contributed by atoms with Gasteiger partial charge in [0.1, 0.15) is 5.56 Å². The van der Waals surface area contributed by atoms with Gasteiger partial charge in [-0.2, -0.15) is 9.49 Å². The first-order chi connectivity index (χ1) is 12.3. The number of carbonyl (C=O) groups is 1. The number of amides is 1. The average molecular weight is 355 g/mol. The van der Waals surface area contributed by atoms with Crippen molar-refractivity contribution in [1.29, 1.82) is 0 Å². The summed E-state index contributed by atoms with van der Waals surface area (Å²) in [7, 11) is 1.53. The molecule has 2 saturated carbocycles. The van der Waals surface area contributed by atoms with E-state index >= 15 is 0 Å². The minimum atomic E-state index is -0.545. The van der Waals surface area contributed by atoms with E-state index in [2.05, 4.69) is 37.1 Å². The van der Waals surface area contributed by atoms with Crippen molar-refractivity contribution in [2.75, 3.05) is 0 Å². The third-order valence-electron chi connectivity index (χ3n) is 5.87. The molecule has 2 aliphatic rings. The van der Waals surface area contributed by atoms with Gasteiger partial charge in [-0.1, -0.05) is 30.7 Å². The topological polar surface area (TPSA) is 38.1 Å². The first-order valence-electron chi connectivity index (χ1n) is 9.40. The molecule has 1 aromatic heterocycles. The Kier molecular flexibility index (Phi) is 3.94. The Labute approximate surface area is 154 Å². The molecule has 2 aromatic rings. The Morgan fingerprint density at radius 3 is 2.58 bits per heavy atom. The van der Waals surface area contributed by atoms with Crippen LogP contribution in [0.1, 0.15) is 65.3 Å². The van der Waals surface area contributed by atoms with Gasteiger partial charge in [0.15, 0.2) is 0 Å². The number of rotatable bonds is 5. The number of hydrogen-bond donors (Lipinski definition) is 0. The zero-order chi connectivity index (χ0) is 18.6. The highest BCUT2D eigenvalue weighted by Crippen LogP contribution is 2.49. The average Bonchev–Trinajstić information content (AvgIpc) is 3.49. The summed E-state index contributed by atoms with van der Waals surface area (Å²) in [6.45, 7) is 6.61. The van der Waals surface area contributed by atoms with Crippen LogP contribution in [-0.4, -0.2) is 26.6 Å². The highest BCUT2D eigenvalue weighted by Gasteiger charge is 2.42. The molecule has 26 heavy (non-hydrogen) atoms. The van der Waals surface area contributed by atoms with E-state index in [1.165, 1.54) is 36.6 Å². The molecule has 0 atom stereocenters. The minimum absolute atomic E-state index is 0.117. The maximum atomic E-state index is 14.5. The Morgan fingerprint density at radius 2 is 2.04 bits per heavy atom. The van der Waals surface area contributed by atoms with Gasteiger partial charge in [0.05, 0.1) is 5.69 Å². The lowest BCUT2D eigenvalue weighted by atomic mass is 9.91. The minimum Gasteiger partial charge on any atom is -0.331 e. The number of benzene rings is 1. The smallest absolute Gasteiger partial charge is 0.260 e. The molecule has 1 heterocycles. The van der Waals surface area contributed by atoms with Crippen LogP contribution in [-0.2, 0) is 19.0 Å².